The summed E-state index contributed by atoms with van der Waals surface area (Å²) in [6, 6.07) is 27.9. The maximum absolute atomic E-state index is 9.09. The van der Waals surface area contributed by atoms with Gasteiger partial charge in [0.2, 0.25) is 0 Å². The predicted molar refractivity (Wildman–Crippen MR) is 127 cm³/mol. The van der Waals surface area contributed by atoms with E-state index in [2.05, 4.69) is 93.6 Å². The largest absolute Gasteiger partial charge is 0.300 e. The van der Waals surface area contributed by atoms with E-state index in [-0.39, 0.29) is 0 Å². The quantitative estimate of drug-likeness (QED) is 0.315. The fourth-order valence-corrected chi connectivity index (χ4v) is 4.72. The summed E-state index contributed by atoms with van der Waals surface area (Å²) in [5.74, 6) is 0. The standard InChI is InChI=1S/C29H25N/c1-18-15-16-22(20(3)19(18)2)29(30)27-12-7-6-11-25(27)26-14-8-13-24-23-10-5-4-9-21(23)17-28(24)26/h4-16,30H,17H2,1-3H3. The summed E-state index contributed by atoms with van der Waals surface area (Å²) in [7, 11) is 0. The molecule has 1 aliphatic rings. The van der Waals surface area contributed by atoms with Gasteiger partial charge < -0.3 is 0 Å². The van der Waals surface area contributed by atoms with Gasteiger partial charge in [-0.2, -0.15) is 0 Å². The fourth-order valence-electron chi connectivity index (χ4n) is 4.72. The van der Waals surface area contributed by atoms with Gasteiger partial charge in [0, 0.05) is 11.1 Å². The summed E-state index contributed by atoms with van der Waals surface area (Å²) in [5, 5.41) is 9.09. The molecule has 4 aromatic carbocycles. The smallest absolute Gasteiger partial charge is 0.0693 e. The Labute approximate surface area is 178 Å². The van der Waals surface area contributed by atoms with E-state index in [1.54, 1.807) is 0 Å². The number of rotatable bonds is 3. The minimum Gasteiger partial charge on any atom is -0.300 e. The van der Waals surface area contributed by atoms with E-state index in [0.29, 0.717) is 5.71 Å². The second kappa shape index (κ2) is 7.11. The van der Waals surface area contributed by atoms with Crippen molar-refractivity contribution in [2.24, 2.45) is 0 Å². The minimum absolute atomic E-state index is 0.597. The molecule has 1 aliphatic carbocycles. The van der Waals surface area contributed by atoms with Crippen molar-refractivity contribution in [2.45, 2.75) is 27.2 Å². The molecule has 0 aromatic heterocycles. The lowest BCUT2D eigenvalue weighted by molar-refractivity contribution is 1.25. The topological polar surface area (TPSA) is 23.9 Å². The summed E-state index contributed by atoms with van der Waals surface area (Å²) < 4.78 is 0. The number of fused-ring (bicyclic) bond motifs is 3. The van der Waals surface area contributed by atoms with Gasteiger partial charge in [0.25, 0.3) is 0 Å². The first-order valence-corrected chi connectivity index (χ1v) is 10.5. The molecule has 0 unspecified atom stereocenters. The third-order valence-electron chi connectivity index (χ3n) is 6.66. The first-order valence-electron chi connectivity index (χ1n) is 10.5. The fraction of sp³-hybridized carbons (Fsp3) is 0.138. The van der Waals surface area contributed by atoms with Crippen LogP contribution in [-0.4, -0.2) is 5.71 Å². The molecule has 0 atom stereocenters. The molecule has 0 amide bonds. The second-order valence-electron chi connectivity index (χ2n) is 8.27. The maximum atomic E-state index is 9.09. The molecule has 146 valence electrons. The lowest BCUT2D eigenvalue weighted by Gasteiger charge is -2.17. The molecule has 0 radical (unpaired) electrons. The molecule has 30 heavy (non-hydrogen) atoms. The normalized spacial score (nSPS) is 11.8. The van der Waals surface area contributed by atoms with Crippen LogP contribution in [0.2, 0.25) is 0 Å². The number of benzene rings is 4. The SMILES string of the molecule is Cc1ccc(C(=N)c2ccccc2-c2cccc3c2Cc2ccccc2-3)c(C)c1C. The third kappa shape index (κ3) is 2.81. The van der Waals surface area contributed by atoms with Gasteiger partial charge >= 0.3 is 0 Å². The van der Waals surface area contributed by atoms with Crippen LogP contribution in [0.4, 0.5) is 0 Å². The van der Waals surface area contributed by atoms with Gasteiger partial charge in [0.05, 0.1) is 5.71 Å². The van der Waals surface area contributed by atoms with Gasteiger partial charge in [-0.25, -0.2) is 0 Å². The Kier molecular flexibility index (Phi) is 4.40. The van der Waals surface area contributed by atoms with E-state index in [1.165, 1.54) is 44.5 Å². The van der Waals surface area contributed by atoms with Gasteiger partial charge in [0.15, 0.2) is 0 Å². The summed E-state index contributed by atoms with van der Waals surface area (Å²) in [6.07, 6.45) is 0.950. The first-order chi connectivity index (χ1) is 14.6. The molecule has 0 fully saturated rings. The maximum Gasteiger partial charge on any atom is 0.0693 e. The lowest BCUT2D eigenvalue weighted by Crippen LogP contribution is -2.08. The number of nitrogens with one attached hydrogen (secondary N) is 1. The summed E-state index contributed by atoms with van der Waals surface area (Å²) in [6.45, 7) is 6.41. The average molecular weight is 388 g/mol. The van der Waals surface area contributed by atoms with Gasteiger partial charge in [-0.3, -0.25) is 5.41 Å². The van der Waals surface area contributed by atoms with Gasteiger partial charge in [-0.1, -0.05) is 78.9 Å². The Morgan fingerprint density at radius 1 is 0.600 bits per heavy atom. The van der Waals surface area contributed by atoms with Crippen LogP contribution in [0.1, 0.15) is 38.9 Å². The molecule has 0 heterocycles. The van der Waals surface area contributed by atoms with Crippen molar-refractivity contribution in [2.75, 3.05) is 0 Å². The molecular formula is C29H25N. The molecule has 1 heteroatoms. The predicted octanol–water partition coefficient (Wildman–Crippen LogP) is 7.27. The number of hydrogen-bond acceptors (Lipinski definition) is 1. The number of hydrogen-bond donors (Lipinski definition) is 1. The van der Waals surface area contributed by atoms with Gasteiger partial charge in [0.1, 0.15) is 0 Å². The summed E-state index contributed by atoms with van der Waals surface area (Å²) >= 11 is 0. The summed E-state index contributed by atoms with van der Waals surface area (Å²) in [4.78, 5) is 0. The molecule has 1 nitrogen and oxygen atoms in total. The van der Waals surface area contributed by atoms with Crippen LogP contribution in [0.25, 0.3) is 22.3 Å². The Hall–Kier alpha value is -3.45. The Morgan fingerprint density at radius 2 is 1.23 bits per heavy atom. The molecule has 0 saturated heterocycles. The molecule has 1 N–H and O–H groups in total. The zero-order valence-electron chi connectivity index (χ0n) is 17.7. The van der Waals surface area contributed by atoms with Crippen molar-refractivity contribution in [1.29, 1.82) is 5.41 Å². The first kappa shape index (κ1) is 18.6. The molecule has 0 spiro atoms. The van der Waals surface area contributed by atoms with Crippen molar-refractivity contribution >= 4 is 5.71 Å². The second-order valence-corrected chi connectivity index (χ2v) is 8.27. The molecule has 0 bridgehead atoms. The molecule has 0 aliphatic heterocycles. The molecule has 0 saturated carbocycles. The van der Waals surface area contributed by atoms with Crippen molar-refractivity contribution in [3.05, 3.63) is 118 Å². The highest BCUT2D eigenvalue weighted by atomic mass is 14.4. The van der Waals surface area contributed by atoms with Crippen LogP contribution in [0, 0.1) is 26.2 Å². The van der Waals surface area contributed by atoms with Crippen molar-refractivity contribution in [1.82, 2.24) is 0 Å². The van der Waals surface area contributed by atoms with Crippen LogP contribution >= 0.6 is 0 Å². The highest BCUT2D eigenvalue weighted by Gasteiger charge is 2.23. The highest BCUT2D eigenvalue weighted by molar-refractivity contribution is 6.15. The van der Waals surface area contributed by atoms with Crippen molar-refractivity contribution in [3.8, 4) is 22.3 Å². The zero-order chi connectivity index (χ0) is 20.8. The molecular weight excluding hydrogens is 362 g/mol. The van der Waals surface area contributed by atoms with E-state index in [4.69, 9.17) is 5.41 Å². The minimum atomic E-state index is 0.597. The van der Waals surface area contributed by atoms with Crippen LogP contribution < -0.4 is 0 Å². The Balaban J connectivity index is 1.67. The van der Waals surface area contributed by atoms with Crippen LogP contribution in [0.15, 0.2) is 78.9 Å². The van der Waals surface area contributed by atoms with Crippen molar-refractivity contribution < 1.29 is 0 Å². The summed E-state index contributed by atoms with van der Waals surface area (Å²) in [5.41, 5.74) is 14.2. The lowest BCUT2D eigenvalue weighted by atomic mass is 9.87. The van der Waals surface area contributed by atoms with Crippen LogP contribution in [0.5, 0.6) is 0 Å². The molecule has 5 rings (SSSR count). The Bertz CT molecular complexity index is 1310. The van der Waals surface area contributed by atoms with Crippen LogP contribution in [-0.2, 0) is 6.42 Å². The van der Waals surface area contributed by atoms with E-state index < -0.39 is 0 Å². The van der Waals surface area contributed by atoms with Crippen LogP contribution in [0.3, 0.4) is 0 Å². The highest BCUT2D eigenvalue weighted by Crippen LogP contribution is 2.42. The van der Waals surface area contributed by atoms with E-state index in [0.717, 1.165) is 23.1 Å². The zero-order valence-corrected chi connectivity index (χ0v) is 17.7. The van der Waals surface area contributed by atoms with Gasteiger partial charge in [-0.15, -0.1) is 0 Å². The monoisotopic (exact) mass is 387 g/mol. The third-order valence-corrected chi connectivity index (χ3v) is 6.66. The average Bonchev–Trinajstić information content (AvgIpc) is 3.16. The van der Waals surface area contributed by atoms with E-state index in [9.17, 15) is 0 Å². The van der Waals surface area contributed by atoms with Gasteiger partial charge in [-0.05, 0) is 77.3 Å². The van der Waals surface area contributed by atoms with E-state index in [1.807, 2.05) is 6.07 Å². The molecule has 4 aromatic rings. The number of aryl methyl sites for hydroxylation is 1. The van der Waals surface area contributed by atoms with Crippen molar-refractivity contribution in [3.63, 3.8) is 0 Å². The Morgan fingerprint density at radius 3 is 2.03 bits per heavy atom. The van der Waals surface area contributed by atoms with E-state index >= 15 is 0 Å².